The second-order valence-electron chi connectivity index (χ2n) is 4.63. The van der Waals surface area contributed by atoms with Gasteiger partial charge in [-0.25, -0.2) is 9.79 Å². The first-order valence-electron chi connectivity index (χ1n) is 7.22. The normalized spacial score (nSPS) is 18.0. The zero-order chi connectivity index (χ0) is 16.8. The van der Waals surface area contributed by atoms with Crippen molar-refractivity contribution < 1.29 is 23.8 Å². The lowest BCUT2D eigenvalue weighted by Crippen LogP contribution is -2.14. The summed E-state index contributed by atoms with van der Waals surface area (Å²) in [4.78, 5) is 28.1. The lowest BCUT2D eigenvalue weighted by atomic mass is 10.2. The number of hydrogen-bond donors (Lipinski definition) is 1. The molecule has 0 aromatic carbocycles. The van der Waals surface area contributed by atoms with E-state index in [0.717, 1.165) is 11.8 Å². The molecule has 1 aliphatic rings. The number of hydrogen-bond acceptors (Lipinski definition) is 6. The van der Waals surface area contributed by atoms with Gasteiger partial charge in [0.05, 0.1) is 17.8 Å². The van der Waals surface area contributed by atoms with E-state index in [4.69, 9.17) is 9.15 Å². The van der Waals surface area contributed by atoms with Crippen molar-refractivity contribution in [2.24, 2.45) is 4.99 Å². The summed E-state index contributed by atoms with van der Waals surface area (Å²) in [6.07, 6.45) is 4.00. The Hall–Kier alpha value is -2.28. The van der Waals surface area contributed by atoms with Gasteiger partial charge >= 0.3 is 5.97 Å². The summed E-state index contributed by atoms with van der Waals surface area (Å²) in [6.45, 7) is 3.69. The van der Waals surface area contributed by atoms with Crippen LogP contribution in [-0.2, 0) is 14.3 Å². The van der Waals surface area contributed by atoms with E-state index < -0.39 is 5.97 Å². The van der Waals surface area contributed by atoms with Gasteiger partial charge in [0, 0.05) is 6.42 Å². The Balaban J connectivity index is 2.40. The lowest BCUT2D eigenvalue weighted by Gasteiger charge is -2.03. The monoisotopic (exact) mass is 335 g/mol. The van der Waals surface area contributed by atoms with E-state index in [1.54, 1.807) is 25.1 Å². The first-order chi connectivity index (χ1) is 11.1. The molecule has 1 N–H and O–H groups in total. The number of rotatable bonds is 5. The predicted octanol–water partition coefficient (Wildman–Crippen LogP) is 3.47. The predicted molar refractivity (Wildman–Crippen MR) is 87.9 cm³/mol. The molecule has 0 fully saturated rings. The summed E-state index contributed by atoms with van der Waals surface area (Å²) in [6, 6.07) is 3.42. The van der Waals surface area contributed by atoms with Crippen molar-refractivity contribution in [3.8, 4) is 0 Å². The Labute approximate surface area is 137 Å². The number of esters is 1. The summed E-state index contributed by atoms with van der Waals surface area (Å²) in [5, 5.41) is 10.5. The molecule has 2 rings (SSSR count). The van der Waals surface area contributed by atoms with Crippen LogP contribution in [0.15, 0.2) is 44.0 Å². The molecule has 0 bridgehead atoms. The second-order valence-corrected chi connectivity index (χ2v) is 5.66. The number of ether oxygens (including phenoxy) is 1. The molecule has 6 nitrogen and oxygen atoms in total. The summed E-state index contributed by atoms with van der Waals surface area (Å²) in [5.41, 5.74) is -0.0842. The third kappa shape index (κ3) is 4.13. The number of aliphatic hydroxyl groups is 1. The summed E-state index contributed by atoms with van der Waals surface area (Å²) >= 11 is 1.04. The SMILES string of the molecule is CCCC(=O)N=C1S/C(=C\c2ccco2)C(O)=C1C(=O)OCC. The van der Waals surface area contributed by atoms with E-state index in [2.05, 4.69) is 4.99 Å². The van der Waals surface area contributed by atoms with Crippen molar-refractivity contribution in [1.29, 1.82) is 0 Å². The molecular weight excluding hydrogens is 318 g/mol. The van der Waals surface area contributed by atoms with Gasteiger partial charge in [-0.05, 0) is 31.6 Å². The Morgan fingerprint density at radius 2 is 2.22 bits per heavy atom. The molecule has 0 saturated carbocycles. The van der Waals surface area contributed by atoms with Crippen LogP contribution in [0.1, 0.15) is 32.4 Å². The summed E-state index contributed by atoms with van der Waals surface area (Å²) in [5.74, 6) is -0.788. The van der Waals surface area contributed by atoms with Crippen molar-refractivity contribution in [2.45, 2.75) is 26.7 Å². The highest BCUT2D eigenvalue weighted by Crippen LogP contribution is 2.39. The number of nitrogens with zero attached hydrogens (tertiary/aromatic N) is 1. The standard InChI is InChI=1S/C16H17NO5S/c1-3-6-12(18)17-15-13(16(20)21-4-2)14(19)11(23-15)9-10-7-5-8-22-10/h5,7-9,19H,3-4,6H2,1-2H3/b11-9-,17-15?. The molecule has 1 aromatic heterocycles. The van der Waals surface area contributed by atoms with Gasteiger partial charge in [0.15, 0.2) is 0 Å². The first-order valence-corrected chi connectivity index (χ1v) is 8.04. The Kier molecular flexibility index (Phi) is 5.81. The first kappa shape index (κ1) is 17.1. The second kappa shape index (κ2) is 7.82. The average Bonchev–Trinajstić information content (AvgIpc) is 3.09. The third-order valence-corrected chi connectivity index (χ3v) is 3.90. The molecule has 122 valence electrons. The maximum absolute atomic E-state index is 12.1. The topological polar surface area (TPSA) is 89.1 Å². The highest BCUT2D eigenvalue weighted by atomic mass is 32.2. The van der Waals surface area contributed by atoms with E-state index >= 15 is 0 Å². The molecule has 2 heterocycles. The van der Waals surface area contributed by atoms with E-state index in [0.29, 0.717) is 17.1 Å². The van der Waals surface area contributed by atoms with Gasteiger partial charge < -0.3 is 14.3 Å². The number of thioether (sulfide) groups is 1. The molecule has 1 aromatic rings. The molecule has 1 amide bonds. The Morgan fingerprint density at radius 3 is 2.83 bits per heavy atom. The van der Waals surface area contributed by atoms with Gasteiger partial charge in [-0.2, -0.15) is 0 Å². The maximum atomic E-state index is 12.1. The van der Waals surface area contributed by atoms with Crippen molar-refractivity contribution in [1.82, 2.24) is 0 Å². The van der Waals surface area contributed by atoms with Gasteiger partial charge in [0.2, 0.25) is 5.91 Å². The molecular formula is C16H17NO5S. The molecule has 0 spiro atoms. The van der Waals surface area contributed by atoms with Crippen LogP contribution in [-0.4, -0.2) is 28.6 Å². The van der Waals surface area contributed by atoms with Crippen LogP contribution < -0.4 is 0 Å². The van der Waals surface area contributed by atoms with Crippen LogP contribution >= 0.6 is 11.8 Å². The van der Waals surface area contributed by atoms with Gasteiger partial charge in [-0.1, -0.05) is 18.7 Å². The zero-order valence-corrected chi connectivity index (χ0v) is 13.7. The fourth-order valence-corrected chi connectivity index (χ4v) is 2.89. The van der Waals surface area contributed by atoms with Gasteiger partial charge in [-0.15, -0.1) is 0 Å². The largest absolute Gasteiger partial charge is 0.506 e. The minimum atomic E-state index is -0.705. The smallest absolute Gasteiger partial charge is 0.344 e. The van der Waals surface area contributed by atoms with E-state index in [1.165, 1.54) is 6.26 Å². The van der Waals surface area contributed by atoms with Gasteiger partial charge in [-0.3, -0.25) is 4.79 Å². The number of furan rings is 1. The molecule has 23 heavy (non-hydrogen) atoms. The number of amides is 1. The Bertz CT molecular complexity index is 685. The molecule has 0 saturated heterocycles. The van der Waals surface area contributed by atoms with Crippen molar-refractivity contribution in [2.75, 3.05) is 6.61 Å². The van der Waals surface area contributed by atoms with Gasteiger partial charge in [0.1, 0.15) is 22.1 Å². The summed E-state index contributed by atoms with van der Waals surface area (Å²) in [7, 11) is 0. The number of carbonyl (C=O) groups is 2. The van der Waals surface area contributed by atoms with Crippen molar-refractivity contribution >= 4 is 34.8 Å². The molecule has 0 radical (unpaired) electrons. The van der Waals surface area contributed by atoms with Crippen LogP contribution in [0, 0.1) is 0 Å². The lowest BCUT2D eigenvalue weighted by molar-refractivity contribution is -0.138. The van der Waals surface area contributed by atoms with Crippen LogP contribution in [0.2, 0.25) is 0 Å². The van der Waals surface area contributed by atoms with Crippen LogP contribution in [0.3, 0.4) is 0 Å². The van der Waals surface area contributed by atoms with E-state index in [-0.39, 0.29) is 35.3 Å². The molecule has 0 atom stereocenters. The zero-order valence-electron chi connectivity index (χ0n) is 12.9. The highest BCUT2D eigenvalue weighted by molar-refractivity contribution is 8.18. The molecule has 0 aliphatic carbocycles. The van der Waals surface area contributed by atoms with E-state index in [9.17, 15) is 14.7 Å². The number of aliphatic hydroxyl groups excluding tert-OH is 1. The Morgan fingerprint density at radius 1 is 1.43 bits per heavy atom. The van der Waals surface area contributed by atoms with Gasteiger partial charge in [0.25, 0.3) is 0 Å². The van der Waals surface area contributed by atoms with E-state index in [1.807, 2.05) is 6.92 Å². The van der Waals surface area contributed by atoms with Crippen molar-refractivity contribution in [3.63, 3.8) is 0 Å². The highest BCUT2D eigenvalue weighted by Gasteiger charge is 2.33. The molecule has 1 aliphatic heterocycles. The summed E-state index contributed by atoms with van der Waals surface area (Å²) < 4.78 is 10.1. The van der Waals surface area contributed by atoms with Crippen LogP contribution in [0.5, 0.6) is 0 Å². The van der Waals surface area contributed by atoms with Crippen LogP contribution in [0.4, 0.5) is 0 Å². The molecule has 7 heteroatoms. The number of carbonyl (C=O) groups excluding carboxylic acids is 2. The minimum Gasteiger partial charge on any atom is -0.506 e. The molecule has 0 unspecified atom stereocenters. The van der Waals surface area contributed by atoms with Crippen LogP contribution in [0.25, 0.3) is 6.08 Å². The number of aliphatic imine (C=N–C) groups is 1. The minimum absolute atomic E-state index is 0.0842. The quantitative estimate of drug-likeness (QED) is 0.829. The maximum Gasteiger partial charge on any atom is 0.344 e. The van der Waals surface area contributed by atoms with Crippen molar-refractivity contribution in [3.05, 3.63) is 40.4 Å². The average molecular weight is 335 g/mol. The fourth-order valence-electron chi connectivity index (χ4n) is 1.88. The third-order valence-electron chi connectivity index (χ3n) is 2.88. The fraction of sp³-hybridized carbons (Fsp3) is 0.312.